The van der Waals surface area contributed by atoms with E-state index in [4.69, 9.17) is 21.1 Å². The Morgan fingerprint density at radius 1 is 1.26 bits per heavy atom. The number of nitrogens with zero attached hydrogens (tertiary/aromatic N) is 1. The molecule has 100 valence electrons. The number of hydrogen-bond donors (Lipinski definition) is 0. The molecular formula is C14H14ClNO3. The number of aryl methyl sites for hydroxylation is 1. The molecule has 0 atom stereocenters. The first-order valence-electron chi connectivity index (χ1n) is 5.69. The lowest BCUT2D eigenvalue weighted by Gasteiger charge is -2.12. The van der Waals surface area contributed by atoms with Crippen molar-refractivity contribution in [2.24, 2.45) is 0 Å². The number of halogens is 1. The zero-order chi connectivity index (χ0) is 14.0. The molecule has 1 aromatic heterocycles. The van der Waals surface area contributed by atoms with Crippen molar-refractivity contribution >= 4 is 17.6 Å². The van der Waals surface area contributed by atoms with Gasteiger partial charge in [0, 0.05) is 6.20 Å². The smallest absolute Gasteiger partial charge is 0.355 e. The van der Waals surface area contributed by atoms with Gasteiger partial charge >= 0.3 is 5.97 Å². The fraction of sp³-hybridized carbons (Fsp3) is 0.214. The van der Waals surface area contributed by atoms with Gasteiger partial charge in [-0.2, -0.15) is 0 Å². The number of benzene rings is 1. The largest absolute Gasteiger partial charge is 0.495 e. The molecule has 2 rings (SSSR count). The van der Waals surface area contributed by atoms with E-state index in [1.54, 1.807) is 23.9 Å². The van der Waals surface area contributed by atoms with Crippen LogP contribution in [0.1, 0.15) is 16.1 Å². The predicted molar refractivity (Wildman–Crippen MR) is 73.4 cm³/mol. The summed E-state index contributed by atoms with van der Waals surface area (Å²) in [5.74, 6) is 0.155. The van der Waals surface area contributed by atoms with Crippen LogP contribution in [-0.4, -0.2) is 24.8 Å². The standard InChI is InChI=1S/C14H14ClNO3/c1-9-7-8-16(13(9)14(17)19-3)10-5-4-6-11(18-2)12(10)15/h4-8H,1-3H3. The molecule has 0 spiro atoms. The molecule has 0 aliphatic carbocycles. The van der Waals surface area contributed by atoms with Gasteiger partial charge in [-0.3, -0.25) is 0 Å². The molecule has 2 aromatic rings. The van der Waals surface area contributed by atoms with Crippen LogP contribution >= 0.6 is 11.6 Å². The summed E-state index contributed by atoms with van der Waals surface area (Å²) in [6.07, 6.45) is 1.78. The highest BCUT2D eigenvalue weighted by atomic mass is 35.5. The highest BCUT2D eigenvalue weighted by Gasteiger charge is 2.18. The minimum absolute atomic E-state index is 0.401. The molecule has 0 saturated carbocycles. The first-order valence-corrected chi connectivity index (χ1v) is 6.07. The second-order valence-electron chi connectivity index (χ2n) is 4.00. The number of rotatable bonds is 3. The van der Waals surface area contributed by atoms with Crippen molar-refractivity contribution in [3.63, 3.8) is 0 Å². The van der Waals surface area contributed by atoms with Gasteiger partial charge < -0.3 is 14.0 Å². The molecule has 0 fully saturated rings. The van der Waals surface area contributed by atoms with E-state index in [2.05, 4.69) is 0 Å². The summed E-state index contributed by atoms with van der Waals surface area (Å²) >= 11 is 6.27. The average Bonchev–Trinajstić information content (AvgIpc) is 2.80. The number of aromatic nitrogens is 1. The summed E-state index contributed by atoms with van der Waals surface area (Å²) < 4.78 is 11.7. The Balaban J connectivity index is 2.63. The Morgan fingerprint density at radius 3 is 2.63 bits per heavy atom. The van der Waals surface area contributed by atoms with Gasteiger partial charge in [0.1, 0.15) is 16.5 Å². The maximum absolute atomic E-state index is 11.8. The highest BCUT2D eigenvalue weighted by molar-refractivity contribution is 6.34. The maximum atomic E-state index is 11.8. The Morgan fingerprint density at radius 2 is 2.00 bits per heavy atom. The quantitative estimate of drug-likeness (QED) is 0.810. The summed E-state index contributed by atoms with van der Waals surface area (Å²) in [5, 5.41) is 0.450. The maximum Gasteiger partial charge on any atom is 0.355 e. The fourth-order valence-corrected chi connectivity index (χ4v) is 2.22. The molecule has 0 bridgehead atoms. The first-order chi connectivity index (χ1) is 9.10. The number of esters is 1. The zero-order valence-corrected chi connectivity index (χ0v) is 11.7. The van der Waals surface area contributed by atoms with E-state index in [1.807, 2.05) is 25.1 Å². The predicted octanol–water partition coefficient (Wildman–Crippen LogP) is 3.23. The Bertz CT molecular complexity index is 619. The molecular weight excluding hydrogens is 266 g/mol. The highest BCUT2D eigenvalue weighted by Crippen LogP contribution is 2.32. The molecule has 0 N–H and O–H groups in total. The van der Waals surface area contributed by atoms with Gasteiger partial charge in [-0.15, -0.1) is 0 Å². The van der Waals surface area contributed by atoms with Gasteiger partial charge in [-0.1, -0.05) is 17.7 Å². The van der Waals surface area contributed by atoms with Crippen molar-refractivity contribution in [1.82, 2.24) is 4.57 Å². The summed E-state index contributed by atoms with van der Waals surface area (Å²) in [6.45, 7) is 1.84. The van der Waals surface area contributed by atoms with E-state index < -0.39 is 5.97 Å². The molecule has 0 radical (unpaired) electrons. The zero-order valence-electron chi connectivity index (χ0n) is 10.9. The van der Waals surface area contributed by atoms with E-state index in [1.165, 1.54) is 7.11 Å². The van der Waals surface area contributed by atoms with Crippen LogP contribution in [0.15, 0.2) is 30.5 Å². The third kappa shape index (κ3) is 2.31. The van der Waals surface area contributed by atoms with Gasteiger partial charge in [0.25, 0.3) is 0 Å². The number of carbonyl (C=O) groups is 1. The summed E-state index contributed by atoms with van der Waals surface area (Å²) in [4.78, 5) is 11.8. The van der Waals surface area contributed by atoms with Crippen molar-refractivity contribution in [3.05, 3.63) is 46.7 Å². The molecule has 1 heterocycles. The van der Waals surface area contributed by atoms with Gasteiger partial charge in [-0.05, 0) is 30.7 Å². The van der Waals surface area contributed by atoms with Crippen molar-refractivity contribution < 1.29 is 14.3 Å². The van der Waals surface area contributed by atoms with Gasteiger partial charge in [0.05, 0.1) is 19.9 Å². The van der Waals surface area contributed by atoms with E-state index in [-0.39, 0.29) is 0 Å². The van der Waals surface area contributed by atoms with Crippen LogP contribution < -0.4 is 4.74 Å². The van der Waals surface area contributed by atoms with Crippen LogP contribution in [0.25, 0.3) is 5.69 Å². The number of methoxy groups -OCH3 is 2. The van der Waals surface area contributed by atoms with Gasteiger partial charge in [-0.25, -0.2) is 4.79 Å². The molecule has 19 heavy (non-hydrogen) atoms. The molecule has 0 aliphatic heterocycles. The van der Waals surface area contributed by atoms with E-state index >= 15 is 0 Å². The van der Waals surface area contributed by atoms with Crippen LogP contribution in [0.3, 0.4) is 0 Å². The summed E-state index contributed by atoms with van der Waals surface area (Å²) in [5.41, 5.74) is 1.96. The van der Waals surface area contributed by atoms with Gasteiger partial charge in [0.15, 0.2) is 0 Å². The molecule has 0 saturated heterocycles. The molecule has 5 heteroatoms. The number of ether oxygens (including phenoxy) is 2. The minimum atomic E-state index is -0.401. The van der Waals surface area contributed by atoms with E-state index in [9.17, 15) is 4.79 Å². The monoisotopic (exact) mass is 279 g/mol. The molecule has 0 unspecified atom stereocenters. The molecule has 4 nitrogen and oxygen atoms in total. The SMILES string of the molecule is COC(=O)c1c(C)ccn1-c1cccc(OC)c1Cl. The van der Waals surface area contributed by atoms with Crippen molar-refractivity contribution in [1.29, 1.82) is 0 Å². The van der Waals surface area contributed by atoms with Crippen LogP contribution in [0, 0.1) is 6.92 Å². The van der Waals surface area contributed by atoms with Gasteiger partial charge in [0.2, 0.25) is 0 Å². The lowest BCUT2D eigenvalue weighted by atomic mass is 10.2. The number of hydrogen-bond acceptors (Lipinski definition) is 3. The molecule has 1 aromatic carbocycles. The second-order valence-corrected chi connectivity index (χ2v) is 4.38. The topological polar surface area (TPSA) is 40.5 Å². The van der Waals surface area contributed by atoms with Crippen molar-refractivity contribution in [3.8, 4) is 11.4 Å². The third-order valence-corrected chi connectivity index (χ3v) is 3.27. The summed E-state index contributed by atoms with van der Waals surface area (Å²) in [7, 11) is 2.90. The van der Waals surface area contributed by atoms with Crippen LogP contribution in [-0.2, 0) is 4.74 Å². The molecule has 0 aliphatic rings. The lowest BCUT2D eigenvalue weighted by Crippen LogP contribution is -2.10. The van der Waals surface area contributed by atoms with E-state index in [0.717, 1.165) is 5.56 Å². The van der Waals surface area contributed by atoms with Crippen LogP contribution in [0.2, 0.25) is 5.02 Å². The Kier molecular flexibility index (Phi) is 3.81. The Labute approximate surface area is 116 Å². The summed E-state index contributed by atoms with van der Waals surface area (Å²) in [6, 6.07) is 7.23. The Hall–Kier alpha value is -1.94. The molecule has 0 amide bonds. The average molecular weight is 280 g/mol. The van der Waals surface area contributed by atoms with Crippen LogP contribution in [0.4, 0.5) is 0 Å². The third-order valence-electron chi connectivity index (χ3n) is 2.89. The lowest BCUT2D eigenvalue weighted by molar-refractivity contribution is 0.0591. The van der Waals surface area contributed by atoms with Crippen LogP contribution in [0.5, 0.6) is 5.75 Å². The van der Waals surface area contributed by atoms with Crippen molar-refractivity contribution in [2.75, 3.05) is 14.2 Å². The normalized spacial score (nSPS) is 10.3. The fourth-order valence-electron chi connectivity index (χ4n) is 1.93. The number of carbonyl (C=O) groups excluding carboxylic acids is 1. The van der Waals surface area contributed by atoms with Crippen molar-refractivity contribution in [2.45, 2.75) is 6.92 Å². The first kappa shape index (κ1) is 13.5. The second kappa shape index (κ2) is 5.36. The van der Waals surface area contributed by atoms with E-state index in [0.29, 0.717) is 22.2 Å². The minimum Gasteiger partial charge on any atom is -0.495 e.